The number of pyridine rings is 2. The van der Waals surface area contributed by atoms with Crippen molar-refractivity contribution in [2.75, 3.05) is 0 Å². The molecule has 4 aromatic rings. The predicted octanol–water partition coefficient (Wildman–Crippen LogP) is 2.51. The fraction of sp³-hybridized carbons (Fsp3) is 0.200. The van der Waals surface area contributed by atoms with Crippen LogP contribution in [-0.2, 0) is 6.54 Å². The van der Waals surface area contributed by atoms with Crippen LogP contribution in [0.4, 0.5) is 4.79 Å². The Morgan fingerprint density at radius 3 is 2.79 bits per heavy atom. The number of aromatic nitrogens is 4. The lowest BCUT2D eigenvalue weighted by Gasteiger charge is -2.11. The summed E-state index contributed by atoms with van der Waals surface area (Å²) < 4.78 is 3.56. The van der Waals surface area contributed by atoms with Crippen molar-refractivity contribution in [1.29, 1.82) is 0 Å². The summed E-state index contributed by atoms with van der Waals surface area (Å²) in [7, 11) is -0.208. The third kappa shape index (κ3) is 2.79. The number of carbonyl (C=O) groups excluding carboxylic acids is 1. The van der Waals surface area contributed by atoms with Gasteiger partial charge in [0, 0.05) is 37.7 Å². The number of primary amides is 1. The van der Waals surface area contributed by atoms with E-state index in [0.717, 1.165) is 40.0 Å². The van der Waals surface area contributed by atoms with Crippen LogP contribution in [-0.4, -0.2) is 24.8 Å². The van der Waals surface area contributed by atoms with Gasteiger partial charge in [-0.15, -0.1) is 0 Å². The largest absolute Gasteiger partial charge is 0.366 e. The van der Waals surface area contributed by atoms with Crippen LogP contribution >= 0.6 is 8.58 Å². The molecule has 1 saturated carbocycles. The minimum Gasteiger partial charge on any atom is -0.366 e. The van der Waals surface area contributed by atoms with Crippen LogP contribution in [0.1, 0.15) is 24.6 Å². The topological polar surface area (TPSA) is 95.8 Å². The van der Waals surface area contributed by atoms with E-state index in [1.54, 1.807) is 23.2 Å². The van der Waals surface area contributed by atoms with Gasteiger partial charge in [0.25, 0.3) is 0 Å². The average Bonchev–Trinajstić information content (AvgIpc) is 3.49. The summed E-state index contributed by atoms with van der Waals surface area (Å²) in [5, 5.41) is 2.69. The second kappa shape index (κ2) is 6.53. The van der Waals surface area contributed by atoms with Crippen molar-refractivity contribution in [3.05, 3.63) is 65.1 Å². The number of rotatable bonds is 5. The van der Waals surface area contributed by atoms with E-state index in [-0.39, 0.29) is 26.9 Å². The highest BCUT2D eigenvalue weighted by atomic mass is 31.1. The van der Waals surface area contributed by atoms with E-state index in [4.69, 9.17) is 5.73 Å². The van der Waals surface area contributed by atoms with E-state index in [9.17, 15) is 9.59 Å². The Balaban J connectivity index is 1.70. The van der Waals surface area contributed by atoms with E-state index >= 15 is 0 Å². The molecule has 5 rings (SSSR count). The van der Waals surface area contributed by atoms with Crippen molar-refractivity contribution >= 4 is 41.3 Å². The number of benzene rings is 1. The maximum atomic E-state index is 13.2. The third-order valence-corrected chi connectivity index (χ3v) is 6.17. The van der Waals surface area contributed by atoms with Gasteiger partial charge < -0.3 is 5.73 Å². The Hall–Kier alpha value is -3.05. The van der Waals surface area contributed by atoms with Crippen molar-refractivity contribution in [3.8, 4) is 0 Å². The number of carbonyl (C=O) groups is 1. The van der Waals surface area contributed by atoms with Gasteiger partial charge in [-0.05, 0) is 24.3 Å². The number of nitrogens with zero attached hydrogens (tertiary/aromatic N) is 4. The number of imidazole rings is 1. The maximum absolute atomic E-state index is 13.2. The van der Waals surface area contributed by atoms with Crippen LogP contribution in [0.2, 0.25) is 0 Å². The molecule has 1 fully saturated rings. The summed E-state index contributed by atoms with van der Waals surface area (Å²) >= 11 is 0. The quantitative estimate of drug-likeness (QED) is 0.529. The van der Waals surface area contributed by atoms with Crippen LogP contribution < -0.4 is 16.7 Å². The standard InChI is InChI=1S/C20H18N5O2P/c21-19(26)28-18-14-4-2-1-3-12(14)9-23-15(18)11-24-17-10-22-8-7-16(17)25(20(24)27)13-5-6-13/h1-4,7-10,13,28H,5-6,11H2,(H2,21,26). The normalized spacial score (nSPS) is 14.4. The minimum atomic E-state index is -0.395. The Morgan fingerprint density at radius 1 is 1.18 bits per heavy atom. The zero-order valence-corrected chi connectivity index (χ0v) is 16.0. The van der Waals surface area contributed by atoms with E-state index in [2.05, 4.69) is 9.97 Å². The molecule has 0 saturated heterocycles. The van der Waals surface area contributed by atoms with E-state index in [1.807, 2.05) is 34.9 Å². The first-order valence-electron chi connectivity index (χ1n) is 9.11. The van der Waals surface area contributed by atoms with Crippen LogP contribution in [0.25, 0.3) is 21.8 Å². The number of hydrogen-bond donors (Lipinski definition) is 1. The molecule has 28 heavy (non-hydrogen) atoms. The van der Waals surface area contributed by atoms with Crippen LogP contribution in [0.3, 0.4) is 0 Å². The van der Waals surface area contributed by atoms with Gasteiger partial charge in [-0.2, -0.15) is 0 Å². The summed E-state index contributed by atoms with van der Waals surface area (Å²) in [6.45, 7) is 0.279. The van der Waals surface area contributed by atoms with Crippen LogP contribution in [0.15, 0.2) is 53.7 Å². The molecule has 0 bridgehead atoms. The molecule has 3 aromatic heterocycles. The predicted molar refractivity (Wildman–Crippen MR) is 111 cm³/mol. The minimum absolute atomic E-state index is 0.0613. The second-order valence-electron chi connectivity index (χ2n) is 6.99. The first-order valence-corrected chi connectivity index (χ1v) is 10.1. The Labute approximate surface area is 162 Å². The van der Waals surface area contributed by atoms with Crippen LogP contribution in [0.5, 0.6) is 0 Å². The average molecular weight is 391 g/mol. The lowest BCUT2D eigenvalue weighted by Crippen LogP contribution is -2.26. The highest BCUT2D eigenvalue weighted by molar-refractivity contribution is 7.65. The third-order valence-electron chi connectivity index (χ3n) is 5.11. The Bertz CT molecular complexity index is 1290. The molecule has 1 aromatic carbocycles. The van der Waals surface area contributed by atoms with E-state index in [1.165, 1.54) is 0 Å². The fourth-order valence-corrected chi connectivity index (χ4v) is 4.60. The summed E-state index contributed by atoms with van der Waals surface area (Å²) in [4.78, 5) is 33.7. The molecule has 3 heterocycles. The Kier molecular flexibility index (Phi) is 3.98. The highest BCUT2D eigenvalue weighted by Gasteiger charge is 2.29. The molecule has 140 valence electrons. The number of amides is 1. The molecule has 0 spiro atoms. The fourth-order valence-electron chi connectivity index (χ4n) is 3.70. The van der Waals surface area contributed by atoms with Gasteiger partial charge in [0.05, 0.1) is 29.5 Å². The molecule has 0 aliphatic heterocycles. The molecular weight excluding hydrogens is 373 g/mol. The molecule has 1 amide bonds. The maximum Gasteiger partial charge on any atom is 0.329 e. The highest BCUT2D eigenvalue weighted by Crippen LogP contribution is 2.36. The van der Waals surface area contributed by atoms with Gasteiger partial charge in [-0.3, -0.25) is 23.9 Å². The smallest absolute Gasteiger partial charge is 0.329 e. The monoisotopic (exact) mass is 391 g/mol. The molecule has 2 N–H and O–H groups in total. The van der Waals surface area contributed by atoms with Crippen molar-refractivity contribution in [1.82, 2.24) is 19.1 Å². The van der Waals surface area contributed by atoms with Gasteiger partial charge in [0.15, 0.2) is 0 Å². The van der Waals surface area contributed by atoms with Crippen molar-refractivity contribution in [3.63, 3.8) is 0 Å². The first-order chi connectivity index (χ1) is 13.6. The van der Waals surface area contributed by atoms with Gasteiger partial charge >= 0.3 is 5.69 Å². The number of hydrogen-bond acceptors (Lipinski definition) is 4. The van der Waals surface area contributed by atoms with Gasteiger partial charge in [0.1, 0.15) is 0 Å². The number of nitrogens with two attached hydrogens (primary N) is 1. The summed E-state index contributed by atoms with van der Waals surface area (Å²) in [6.07, 6.45) is 7.24. The number of fused-ring (bicyclic) bond motifs is 2. The van der Waals surface area contributed by atoms with Crippen LogP contribution in [0, 0.1) is 0 Å². The van der Waals surface area contributed by atoms with Gasteiger partial charge in [0.2, 0.25) is 5.65 Å². The summed E-state index contributed by atoms with van der Waals surface area (Å²) in [6, 6.07) is 9.91. The summed E-state index contributed by atoms with van der Waals surface area (Å²) in [5.41, 5.74) is 7.42. The zero-order chi connectivity index (χ0) is 19.3. The summed E-state index contributed by atoms with van der Waals surface area (Å²) in [5.74, 6) is 0. The molecule has 1 atom stereocenters. The molecule has 1 aliphatic carbocycles. The van der Waals surface area contributed by atoms with E-state index < -0.39 is 5.65 Å². The molecule has 1 unspecified atom stereocenters. The lowest BCUT2D eigenvalue weighted by atomic mass is 10.1. The van der Waals surface area contributed by atoms with Gasteiger partial charge in [-0.25, -0.2) is 4.79 Å². The molecular formula is C20H18N5O2P. The van der Waals surface area contributed by atoms with Gasteiger partial charge in [-0.1, -0.05) is 24.3 Å². The first kappa shape index (κ1) is 17.1. The molecule has 1 aliphatic rings. The second-order valence-corrected chi connectivity index (χ2v) is 8.23. The lowest BCUT2D eigenvalue weighted by molar-refractivity contribution is 0.267. The van der Waals surface area contributed by atoms with E-state index in [0.29, 0.717) is 5.69 Å². The molecule has 7 nitrogen and oxygen atoms in total. The Morgan fingerprint density at radius 2 is 2.00 bits per heavy atom. The molecule has 0 radical (unpaired) electrons. The molecule has 8 heteroatoms. The zero-order valence-electron chi connectivity index (χ0n) is 15.0. The van der Waals surface area contributed by atoms with Crippen molar-refractivity contribution < 1.29 is 4.79 Å². The van der Waals surface area contributed by atoms with Crippen molar-refractivity contribution in [2.24, 2.45) is 5.73 Å². The SMILES string of the molecule is NC(=O)Pc1c(Cn2c(=O)n(C3CC3)c3ccncc32)ncc2ccccc12. The van der Waals surface area contributed by atoms with Crippen molar-refractivity contribution in [2.45, 2.75) is 25.4 Å².